The molecular weight excluding hydrogens is 336 g/mol. The van der Waals surface area contributed by atoms with Crippen molar-refractivity contribution < 1.29 is 9.53 Å². The molecule has 7 rings (SSSR count). The van der Waals surface area contributed by atoms with Crippen LogP contribution in [0.2, 0.25) is 0 Å². The highest BCUT2D eigenvalue weighted by Gasteiger charge is 2.55. The van der Waals surface area contributed by atoms with E-state index >= 15 is 0 Å². The first-order chi connectivity index (χ1) is 13.1. The van der Waals surface area contributed by atoms with Crippen LogP contribution < -0.4 is 4.74 Å². The minimum atomic E-state index is -0.0317. The van der Waals surface area contributed by atoms with Crippen LogP contribution in [-0.2, 0) is 17.8 Å². The van der Waals surface area contributed by atoms with Crippen LogP contribution in [-0.4, -0.2) is 29.4 Å². The van der Waals surface area contributed by atoms with Crippen LogP contribution in [0.3, 0.4) is 0 Å². The van der Waals surface area contributed by atoms with Gasteiger partial charge in [0.1, 0.15) is 5.75 Å². The highest BCUT2D eigenvalue weighted by molar-refractivity contribution is 5.91. The summed E-state index contributed by atoms with van der Waals surface area (Å²) >= 11 is 0. The van der Waals surface area contributed by atoms with E-state index in [1.165, 1.54) is 35.9 Å². The molecule has 27 heavy (non-hydrogen) atoms. The molecule has 0 spiro atoms. The van der Waals surface area contributed by atoms with Crippen molar-refractivity contribution in [3.8, 4) is 5.75 Å². The Kier molecular flexibility index (Phi) is 3.28. The molecule has 1 N–H and O–H groups in total. The number of hydrogen-bond donors (Lipinski definition) is 1. The molecule has 2 heterocycles. The standard InChI is InChI=1S/C23H28N2O2/c1-27-20-4-2-3-17-18-13-25(6-5-19(18)24-21(17)20)22(26)23-10-14-7-15(11-23)9-16(8-14)12-23/h2-4,14-16,24H,5-13H2,1H3. The second kappa shape index (κ2) is 5.52. The number of amides is 1. The van der Waals surface area contributed by atoms with Crippen LogP contribution in [0, 0.1) is 23.2 Å². The van der Waals surface area contributed by atoms with Crippen molar-refractivity contribution >= 4 is 16.8 Å². The largest absolute Gasteiger partial charge is 0.495 e. The molecule has 0 atom stereocenters. The third-order valence-electron chi connectivity index (χ3n) is 7.97. The lowest BCUT2D eigenvalue weighted by Crippen LogP contribution is -2.55. The predicted molar refractivity (Wildman–Crippen MR) is 105 cm³/mol. The summed E-state index contributed by atoms with van der Waals surface area (Å²) in [4.78, 5) is 19.5. The summed E-state index contributed by atoms with van der Waals surface area (Å²) in [6.45, 7) is 1.60. The average molecular weight is 364 g/mol. The molecule has 0 radical (unpaired) electrons. The van der Waals surface area contributed by atoms with Crippen molar-refractivity contribution in [1.82, 2.24) is 9.88 Å². The predicted octanol–water partition coefficient (Wildman–Crippen LogP) is 4.28. The van der Waals surface area contributed by atoms with Crippen molar-refractivity contribution in [3.63, 3.8) is 0 Å². The van der Waals surface area contributed by atoms with Gasteiger partial charge in [-0.25, -0.2) is 0 Å². The summed E-state index contributed by atoms with van der Waals surface area (Å²) in [6, 6.07) is 6.21. The molecule has 4 bridgehead atoms. The summed E-state index contributed by atoms with van der Waals surface area (Å²) < 4.78 is 5.53. The number of carbonyl (C=O) groups excluding carboxylic acids is 1. The first kappa shape index (κ1) is 16.0. The zero-order valence-electron chi connectivity index (χ0n) is 16.1. The number of nitrogens with zero attached hydrogens (tertiary/aromatic N) is 1. The van der Waals surface area contributed by atoms with Gasteiger partial charge in [0, 0.05) is 36.2 Å². The van der Waals surface area contributed by atoms with Gasteiger partial charge in [-0.15, -0.1) is 0 Å². The molecule has 4 fully saturated rings. The molecule has 5 aliphatic rings. The van der Waals surface area contributed by atoms with Gasteiger partial charge in [0.2, 0.25) is 5.91 Å². The van der Waals surface area contributed by atoms with E-state index < -0.39 is 0 Å². The summed E-state index contributed by atoms with van der Waals surface area (Å²) in [5.74, 6) is 3.80. The van der Waals surface area contributed by atoms with Gasteiger partial charge in [-0.3, -0.25) is 4.79 Å². The number of nitrogens with one attached hydrogen (secondary N) is 1. The molecular formula is C23H28N2O2. The van der Waals surface area contributed by atoms with Gasteiger partial charge in [-0.1, -0.05) is 12.1 Å². The van der Waals surface area contributed by atoms with E-state index in [1.807, 2.05) is 6.07 Å². The zero-order valence-corrected chi connectivity index (χ0v) is 16.1. The third kappa shape index (κ3) is 2.25. The van der Waals surface area contributed by atoms with Crippen LogP contribution in [0.15, 0.2) is 18.2 Å². The number of ether oxygens (including phenoxy) is 1. The number of aromatic amines is 1. The van der Waals surface area contributed by atoms with Crippen molar-refractivity contribution in [2.75, 3.05) is 13.7 Å². The van der Waals surface area contributed by atoms with Crippen LogP contribution in [0.1, 0.15) is 49.8 Å². The molecule has 0 unspecified atom stereocenters. The summed E-state index contributed by atoms with van der Waals surface area (Å²) in [5.41, 5.74) is 3.63. The van der Waals surface area contributed by atoms with Crippen molar-refractivity contribution in [3.05, 3.63) is 29.5 Å². The van der Waals surface area contributed by atoms with E-state index in [0.29, 0.717) is 5.91 Å². The first-order valence-electron chi connectivity index (χ1n) is 10.6. The molecule has 142 valence electrons. The third-order valence-corrected chi connectivity index (χ3v) is 7.97. The van der Waals surface area contributed by atoms with Crippen molar-refractivity contribution in [1.29, 1.82) is 0 Å². The Balaban J connectivity index is 1.33. The number of hydrogen-bond acceptors (Lipinski definition) is 2. The molecule has 1 amide bonds. The molecule has 2 aromatic rings. The molecule has 0 saturated heterocycles. The fourth-order valence-electron chi connectivity index (χ4n) is 7.26. The summed E-state index contributed by atoms with van der Waals surface area (Å²) in [6.07, 6.45) is 8.55. The van der Waals surface area contributed by atoms with Crippen LogP contribution in [0.4, 0.5) is 0 Å². The van der Waals surface area contributed by atoms with Crippen LogP contribution >= 0.6 is 0 Å². The minimum absolute atomic E-state index is 0.0317. The lowest BCUT2D eigenvalue weighted by molar-refractivity contribution is -0.158. The molecule has 4 aliphatic carbocycles. The molecule has 4 heteroatoms. The Bertz CT molecular complexity index is 893. The number of aromatic nitrogens is 1. The van der Waals surface area contributed by atoms with E-state index in [2.05, 4.69) is 22.0 Å². The van der Waals surface area contributed by atoms with Gasteiger partial charge >= 0.3 is 0 Å². The molecule has 1 aromatic carbocycles. The quantitative estimate of drug-likeness (QED) is 0.865. The number of H-pyrrole nitrogens is 1. The average Bonchev–Trinajstić information content (AvgIpc) is 3.04. The van der Waals surface area contributed by atoms with E-state index in [9.17, 15) is 4.79 Å². The number of para-hydroxylation sites is 1. The van der Waals surface area contributed by atoms with E-state index in [4.69, 9.17) is 4.74 Å². The summed E-state index contributed by atoms with van der Waals surface area (Å²) in [7, 11) is 1.72. The highest BCUT2D eigenvalue weighted by Crippen LogP contribution is 2.60. The van der Waals surface area contributed by atoms with Gasteiger partial charge in [0.05, 0.1) is 18.0 Å². The highest BCUT2D eigenvalue weighted by atomic mass is 16.5. The van der Waals surface area contributed by atoms with Gasteiger partial charge in [-0.2, -0.15) is 0 Å². The van der Waals surface area contributed by atoms with Crippen molar-refractivity contribution in [2.24, 2.45) is 23.2 Å². The van der Waals surface area contributed by atoms with Crippen LogP contribution in [0.25, 0.3) is 10.9 Å². The normalized spacial score (nSPS) is 34.1. The maximum atomic E-state index is 13.7. The second-order valence-corrected chi connectivity index (χ2v) is 9.64. The lowest BCUT2D eigenvalue weighted by Gasteiger charge is -2.56. The lowest BCUT2D eigenvalue weighted by atomic mass is 9.49. The minimum Gasteiger partial charge on any atom is -0.495 e. The Morgan fingerprint density at radius 2 is 1.85 bits per heavy atom. The first-order valence-corrected chi connectivity index (χ1v) is 10.6. The number of methoxy groups -OCH3 is 1. The summed E-state index contributed by atoms with van der Waals surface area (Å²) in [5, 5.41) is 1.22. The Hall–Kier alpha value is -1.97. The monoisotopic (exact) mass is 364 g/mol. The fourth-order valence-corrected chi connectivity index (χ4v) is 7.26. The Morgan fingerprint density at radius 1 is 1.15 bits per heavy atom. The molecule has 1 aliphatic heterocycles. The Labute approximate surface area is 160 Å². The van der Waals surface area contributed by atoms with E-state index in [-0.39, 0.29) is 5.41 Å². The molecule has 1 aromatic heterocycles. The number of rotatable bonds is 2. The fraction of sp³-hybridized carbons (Fsp3) is 0.609. The van der Waals surface area contributed by atoms with Gasteiger partial charge in [0.25, 0.3) is 0 Å². The maximum absolute atomic E-state index is 13.7. The number of benzene rings is 1. The maximum Gasteiger partial charge on any atom is 0.229 e. The van der Waals surface area contributed by atoms with Gasteiger partial charge in [-0.05, 0) is 62.3 Å². The smallest absolute Gasteiger partial charge is 0.229 e. The Morgan fingerprint density at radius 3 is 2.52 bits per heavy atom. The number of carbonyl (C=O) groups is 1. The topological polar surface area (TPSA) is 45.3 Å². The van der Waals surface area contributed by atoms with E-state index in [0.717, 1.165) is 67.8 Å². The van der Waals surface area contributed by atoms with E-state index in [1.54, 1.807) is 7.11 Å². The van der Waals surface area contributed by atoms with Crippen molar-refractivity contribution in [2.45, 2.75) is 51.5 Å². The van der Waals surface area contributed by atoms with Gasteiger partial charge < -0.3 is 14.6 Å². The zero-order chi connectivity index (χ0) is 18.2. The van der Waals surface area contributed by atoms with Crippen LogP contribution in [0.5, 0.6) is 5.75 Å². The number of fused-ring (bicyclic) bond motifs is 3. The SMILES string of the molecule is COc1cccc2c3c([nH]c12)CCN(C(=O)C12CC4CC(CC(C4)C1)C2)C3. The van der Waals surface area contributed by atoms with Gasteiger partial charge in [0.15, 0.2) is 0 Å². The second-order valence-electron chi connectivity index (χ2n) is 9.64. The molecule has 4 nitrogen and oxygen atoms in total. The molecule has 4 saturated carbocycles.